The zero-order valence-corrected chi connectivity index (χ0v) is 22.4. The van der Waals surface area contributed by atoms with E-state index in [2.05, 4.69) is 27.7 Å². The van der Waals surface area contributed by atoms with Gasteiger partial charge < -0.3 is 4.48 Å². The van der Waals surface area contributed by atoms with Crippen LogP contribution in [-0.2, 0) is 5.41 Å². The number of hydrogen-bond donors (Lipinski definition) is 0. The Morgan fingerprint density at radius 2 is 0.919 bits per heavy atom. The summed E-state index contributed by atoms with van der Waals surface area (Å²) in [5, 5.41) is 0. The molecule has 202 valence electrons. The summed E-state index contributed by atoms with van der Waals surface area (Å²) in [5.74, 6) is -1.33. The zero-order valence-electron chi connectivity index (χ0n) is 22.4. The average Bonchev–Trinajstić information content (AvgIpc) is 2.93. The third-order valence-corrected chi connectivity index (χ3v) is 7.74. The van der Waals surface area contributed by atoms with Gasteiger partial charge in [-0.25, -0.2) is 13.2 Å². The molecule has 0 heterocycles. The molecule has 0 atom stereocenters. The molecule has 0 aromatic heterocycles. The van der Waals surface area contributed by atoms with Crippen molar-refractivity contribution < 1.29 is 17.7 Å². The molecular weight excluding hydrogens is 466 g/mol. The topological polar surface area (TPSA) is 0 Å². The Morgan fingerprint density at radius 3 is 1.19 bits per heavy atom. The van der Waals surface area contributed by atoms with Gasteiger partial charge in [0.25, 0.3) is 0 Å². The van der Waals surface area contributed by atoms with Crippen LogP contribution in [0.4, 0.5) is 13.2 Å². The molecule has 37 heavy (non-hydrogen) atoms. The smallest absolute Gasteiger partial charge is 0.127 e. The molecule has 0 fully saturated rings. The maximum Gasteiger partial charge on any atom is 0.127 e. The molecule has 0 aliphatic rings. The predicted octanol–water partition coefficient (Wildman–Crippen LogP) is 7.67. The van der Waals surface area contributed by atoms with Gasteiger partial charge in [0.1, 0.15) is 17.5 Å². The highest BCUT2D eigenvalue weighted by molar-refractivity contribution is 6.08. The maximum absolute atomic E-state index is 15.1. The Kier molecular flexibility index (Phi) is 12.5. The Hall–Kier alpha value is -2.53. The van der Waals surface area contributed by atoms with Crippen LogP contribution >= 0.6 is 0 Å². The SMILES string of the molecule is CC[N+](CC)(CC)CC.[BH3-]CCCCCC(c1ccccc1F)(c1ccccc1F)c1ccccc1F. The van der Waals surface area contributed by atoms with Crippen LogP contribution < -0.4 is 0 Å². The molecule has 0 spiro atoms. The monoisotopic (exact) mass is 511 g/mol. The van der Waals surface area contributed by atoms with Crippen molar-refractivity contribution in [2.75, 3.05) is 26.2 Å². The molecule has 5 heteroatoms. The number of hydrogen-bond acceptors (Lipinski definition) is 0. The number of quaternary nitrogens is 1. The van der Waals surface area contributed by atoms with E-state index in [0.29, 0.717) is 31.0 Å². The van der Waals surface area contributed by atoms with Gasteiger partial charge in [-0.3, -0.25) is 0 Å². The molecule has 0 amide bonds. The fourth-order valence-corrected chi connectivity index (χ4v) is 5.17. The van der Waals surface area contributed by atoms with E-state index >= 15 is 13.2 Å². The lowest BCUT2D eigenvalue weighted by Gasteiger charge is -2.37. The van der Waals surface area contributed by atoms with Gasteiger partial charge >= 0.3 is 0 Å². The summed E-state index contributed by atoms with van der Waals surface area (Å²) in [6.07, 6.45) is 4.66. The minimum atomic E-state index is -1.21. The number of halogens is 3. The van der Waals surface area contributed by atoms with Crippen LogP contribution in [0, 0.1) is 17.5 Å². The van der Waals surface area contributed by atoms with Crippen LogP contribution in [0.5, 0.6) is 0 Å². The molecule has 3 aromatic rings. The van der Waals surface area contributed by atoms with Gasteiger partial charge in [-0.05, 0) is 60.2 Å². The summed E-state index contributed by atoms with van der Waals surface area (Å²) in [6.45, 7) is 14.2. The molecule has 0 saturated carbocycles. The second-order valence-corrected chi connectivity index (χ2v) is 9.26. The molecule has 0 aliphatic heterocycles. The number of nitrogens with zero attached hydrogens (tertiary/aromatic N) is 1. The highest BCUT2D eigenvalue weighted by Crippen LogP contribution is 2.46. The van der Waals surface area contributed by atoms with Crippen LogP contribution in [0.25, 0.3) is 0 Å². The predicted molar refractivity (Wildman–Crippen MR) is 155 cm³/mol. The van der Waals surface area contributed by atoms with Gasteiger partial charge in [0, 0.05) is 16.7 Å². The summed E-state index contributed by atoms with van der Waals surface area (Å²) in [6, 6.07) is 19.1. The Labute approximate surface area is 223 Å². The Morgan fingerprint density at radius 1 is 0.568 bits per heavy atom. The van der Waals surface area contributed by atoms with Crippen molar-refractivity contribution in [2.45, 2.75) is 65.1 Å². The molecule has 1 nitrogen and oxygen atoms in total. The summed E-state index contributed by atoms with van der Waals surface area (Å²) < 4.78 is 46.5. The largest absolute Gasteiger partial charge is 0.325 e. The second-order valence-electron chi connectivity index (χ2n) is 9.26. The number of benzene rings is 3. The lowest BCUT2D eigenvalue weighted by molar-refractivity contribution is -0.921. The first-order chi connectivity index (χ1) is 17.9. The summed E-state index contributed by atoms with van der Waals surface area (Å²) in [7, 11) is 0.361. The summed E-state index contributed by atoms with van der Waals surface area (Å²) in [4.78, 5) is 0. The van der Waals surface area contributed by atoms with Crippen LogP contribution in [0.3, 0.4) is 0 Å². The molecule has 0 saturated heterocycles. The zero-order chi connectivity index (χ0) is 27.3. The highest BCUT2D eigenvalue weighted by Gasteiger charge is 2.41. The van der Waals surface area contributed by atoms with Crippen molar-refractivity contribution in [1.29, 1.82) is 0 Å². The van der Waals surface area contributed by atoms with Gasteiger partial charge in [0.2, 0.25) is 0 Å². The van der Waals surface area contributed by atoms with Crippen LogP contribution in [0.1, 0.15) is 70.1 Å². The van der Waals surface area contributed by atoms with Gasteiger partial charge in [0.15, 0.2) is 0 Å². The Balaban J connectivity index is 0.000000458. The van der Waals surface area contributed by atoms with E-state index in [1.165, 1.54) is 55.2 Å². The fourth-order valence-electron chi connectivity index (χ4n) is 5.17. The molecule has 0 radical (unpaired) electrons. The lowest BCUT2D eigenvalue weighted by Crippen LogP contribution is -2.47. The first-order valence-electron chi connectivity index (χ1n) is 13.2. The van der Waals surface area contributed by atoms with E-state index < -0.39 is 22.9 Å². The summed E-state index contributed by atoms with van der Waals surface area (Å²) >= 11 is 0. The number of rotatable bonds is 12. The van der Waals surface area contributed by atoms with Gasteiger partial charge in [-0.2, -0.15) is 6.32 Å². The standard InChI is InChI=1S/C24H25BF3.C8H20N/c25-17-9-1-8-16-24(18-10-2-5-13-21(18)26,19-11-3-6-14-22(19)27)20-12-4-7-15-23(20)28;1-5-9(6-2,7-3)8-4/h2-7,10-15H,1,8-9,16-17H2,25H3;5-8H2,1-4H3/q-1;+1. The minimum Gasteiger partial charge on any atom is -0.325 e. The van der Waals surface area contributed by atoms with Crippen molar-refractivity contribution in [3.8, 4) is 0 Å². The van der Waals surface area contributed by atoms with E-state index in [1.54, 1.807) is 54.6 Å². The highest BCUT2D eigenvalue weighted by atomic mass is 19.1. The molecular formula is C32H45BF3N. The first kappa shape index (κ1) is 30.7. The van der Waals surface area contributed by atoms with E-state index in [9.17, 15) is 0 Å². The Bertz CT molecular complexity index is 952. The van der Waals surface area contributed by atoms with Gasteiger partial charge in [0.05, 0.1) is 31.6 Å². The van der Waals surface area contributed by atoms with Crippen molar-refractivity contribution >= 4 is 7.85 Å². The van der Waals surface area contributed by atoms with Crippen LogP contribution in [0.2, 0.25) is 6.32 Å². The van der Waals surface area contributed by atoms with Crippen molar-refractivity contribution in [3.63, 3.8) is 0 Å². The fraction of sp³-hybridized carbons (Fsp3) is 0.438. The molecule has 3 rings (SSSR count). The normalized spacial score (nSPS) is 11.7. The van der Waals surface area contributed by atoms with E-state index in [0.717, 1.165) is 19.3 Å². The van der Waals surface area contributed by atoms with E-state index in [1.807, 2.05) is 0 Å². The van der Waals surface area contributed by atoms with Gasteiger partial charge in [-0.1, -0.05) is 73.9 Å². The molecule has 0 N–H and O–H groups in total. The van der Waals surface area contributed by atoms with Crippen molar-refractivity contribution in [3.05, 3.63) is 107 Å². The van der Waals surface area contributed by atoms with Crippen LogP contribution in [0.15, 0.2) is 72.8 Å². The quantitative estimate of drug-likeness (QED) is 0.101. The third-order valence-electron chi connectivity index (χ3n) is 7.74. The number of unbranched alkanes of at least 4 members (excludes halogenated alkanes) is 2. The molecule has 0 aliphatic carbocycles. The maximum atomic E-state index is 15.1. The summed E-state index contributed by atoms with van der Waals surface area (Å²) in [5.41, 5.74) is -0.238. The minimum absolute atomic E-state index is 0.323. The van der Waals surface area contributed by atoms with Crippen molar-refractivity contribution in [2.24, 2.45) is 0 Å². The van der Waals surface area contributed by atoms with E-state index in [4.69, 9.17) is 0 Å². The first-order valence-corrected chi connectivity index (χ1v) is 13.2. The van der Waals surface area contributed by atoms with Crippen LogP contribution in [-0.4, -0.2) is 38.5 Å². The van der Waals surface area contributed by atoms with Crippen molar-refractivity contribution in [1.82, 2.24) is 0 Å². The second kappa shape index (κ2) is 15.0. The third kappa shape index (κ3) is 7.28. The molecule has 0 bridgehead atoms. The average molecular weight is 512 g/mol. The molecule has 3 aromatic carbocycles. The molecule has 0 unspecified atom stereocenters. The van der Waals surface area contributed by atoms with E-state index in [-0.39, 0.29) is 0 Å². The van der Waals surface area contributed by atoms with Gasteiger partial charge in [-0.15, -0.1) is 0 Å². The lowest BCUT2D eigenvalue weighted by atomic mass is 9.66.